The third-order valence-electron chi connectivity index (χ3n) is 4.16. The Morgan fingerprint density at radius 1 is 1.36 bits per heavy atom. The van der Waals surface area contributed by atoms with Crippen molar-refractivity contribution in [2.45, 2.75) is 12.6 Å². The molecule has 7 nitrogen and oxygen atoms in total. The number of nitrogens with zero attached hydrogens (tertiary/aromatic N) is 4. The van der Waals surface area contributed by atoms with E-state index in [-0.39, 0.29) is 18.5 Å². The summed E-state index contributed by atoms with van der Waals surface area (Å²) in [6.45, 7) is 2.78. The molecule has 0 bridgehead atoms. The molecule has 1 aliphatic rings. The van der Waals surface area contributed by atoms with E-state index in [9.17, 15) is 4.79 Å². The van der Waals surface area contributed by atoms with E-state index in [0.29, 0.717) is 19.8 Å². The van der Waals surface area contributed by atoms with Crippen LogP contribution in [0.15, 0.2) is 42.7 Å². The van der Waals surface area contributed by atoms with Crippen LogP contribution in [0.4, 0.5) is 5.13 Å². The first-order chi connectivity index (χ1) is 12.3. The van der Waals surface area contributed by atoms with Gasteiger partial charge in [0.15, 0.2) is 5.13 Å². The quantitative estimate of drug-likeness (QED) is 0.749. The number of nitrogens with one attached hydrogen (secondary N) is 1. The zero-order chi connectivity index (χ0) is 17.1. The second-order valence-corrected chi connectivity index (χ2v) is 6.90. The fraction of sp³-hybridized carbons (Fsp3) is 0.353. The number of carbonyl (C=O) groups excluding carboxylic acids is 1. The third kappa shape index (κ3) is 3.64. The lowest BCUT2D eigenvalue weighted by Crippen LogP contribution is -2.51. The Bertz CT molecular complexity index is 815. The van der Waals surface area contributed by atoms with Gasteiger partial charge in [-0.3, -0.25) is 9.48 Å². The van der Waals surface area contributed by atoms with Gasteiger partial charge in [0.25, 0.3) is 0 Å². The second kappa shape index (κ2) is 7.20. The Kier molecular flexibility index (Phi) is 4.62. The molecule has 2 aromatic heterocycles. The number of thiazole rings is 1. The van der Waals surface area contributed by atoms with Gasteiger partial charge < -0.3 is 15.0 Å². The average Bonchev–Trinajstić information content (AvgIpc) is 3.29. The number of aromatic nitrogens is 3. The molecule has 3 aromatic rings. The van der Waals surface area contributed by atoms with Gasteiger partial charge in [-0.05, 0) is 18.2 Å². The molecule has 1 aromatic carbocycles. The molecule has 1 N–H and O–H groups in total. The summed E-state index contributed by atoms with van der Waals surface area (Å²) in [5, 5.41) is 8.01. The predicted molar refractivity (Wildman–Crippen MR) is 96.8 cm³/mol. The van der Waals surface area contributed by atoms with Gasteiger partial charge in [-0.1, -0.05) is 23.5 Å². The maximum absolute atomic E-state index is 12.1. The number of hydrogen-bond acceptors (Lipinski definition) is 6. The Hall–Kier alpha value is -2.45. The van der Waals surface area contributed by atoms with E-state index >= 15 is 0 Å². The number of rotatable bonds is 5. The maximum atomic E-state index is 12.1. The molecule has 1 atom stereocenters. The maximum Gasteiger partial charge on any atom is 0.241 e. The molecule has 1 amide bonds. The fourth-order valence-electron chi connectivity index (χ4n) is 2.89. The van der Waals surface area contributed by atoms with Gasteiger partial charge in [0.05, 0.1) is 29.5 Å². The van der Waals surface area contributed by atoms with Gasteiger partial charge >= 0.3 is 0 Å². The van der Waals surface area contributed by atoms with Crippen LogP contribution < -0.4 is 10.2 Å². The SMILES string of the molecule is O=C(Cn1cccn1)NCC1COCCN1c1nc2ccccc2s1. The van der Waals surface area contributed by atoms with E-state index in [1.807, 2.05) is 18.2 Å². The van der Waals surface area contributed by atoms with E-state index in [0.717, 1.165) is 17.2 Å². The highest BCUT2D eigenvalue weighted by molar-refractivity contribution is 7.22. The number of carbonyl (C=O) groups is 1. The summed E-state index contributed by atoms with van der Waals surface area (Å²) in [6, 6.07) is 10.0. The normalized spacial score (nSPS) is 17.8. The van der Waals surface area contributed by atoms with Crippen molar-refractivity contribution in [3.8, 4) is 0 Å². The third-order valence-corrected chi connectivity index (χ3v) is 5.23. The number of benzene rings is 1. The van der Waals surface area contributed by atoms with Gasteiger partial charge in [0, 0.05) is 25.5 Å². The minimum absolute atomic E-state index is 0.0569. The lowest BCUT2D eigenvalue weighted by molar-refractivity contribution is -0.122. The standard InChI is InChI=1S/C17H19N5O2S/c23-16(11-21-7-3-6-19-21)18-10-13-12-24-9-8-22(13)17-20-14-4-1-2-5-15(14)25-17/h1-7,13H,8-12H2,(H,18,23). The minimum atomic E-state index is -0.0569. The van der Waals surface area contributed by atoms with E-state index in [4.69, 9.17) is 9.72 Å². The molecular weight excluding hydrogens is 338 g/mol. The summed E-state index contributed by atoms with van der Waals surface area (Å²) in [5.41, 5.74) is 1.01. The topological polar surface area (TPSA) is 72.3 Å². The molecule has 3 heterocycles. The fourth-order valence-corrected chi connectivity index (χ4v) is 3.95. The van der Waals surface area contributed by atoms with E-state index in [1.54, 1.807) is 34.5 Å². The number of anilines is 1. The molecule has 0 aliphatic carbocycles. The molecule has 130 valence electrons. The van der Waals surface area contributed by atoms with E-state index in [2.05, 4.69) is 21.4 Å². The van der Waals surface area contributed by atoms with Gasteiger partial charge in [-0.2, -0.15) is 5.10 Å². The van der Waals surface area contributed by atoms with Crippen LogP contribution in [0.3, 0.4) is 0 Å². The van der Waals surface area contributed by atoms with Crippen molar-refractivity contribution in [1.82, 2.24) is 20.1 Å². The van der Waals surface area contributed by atoms with Crippen molar-refractivity contribution in [3.05, 3.63) is 42.7 Å². The lowest BCUT2D eigenvalue weighted by atomic mass is 10.2. The molecule has 25 heavy (non-hydrogen) atoms. The molecule has 1 aliphatic heterocycles. The molecule has 1 unspecified atom stereocenters. The van der Waals surface area contributed by atoms with Crippen LogP contribution in [0, 0.1) is 0 Å². The van der Waals surface area contributed by atoms with E-state index < -0.39 is 0 Å². The van der Waals surface area contributed by atoms with Crippen LogP contribution in [-0.2, 0) is 16.1 Å². The highest BCUT2D eigenvalue weighted by atomic mass is 32.1. The Morgan fingerprint density at radius 2 is 2.28 bits per heavy atom. The van der Waals surface area contributed by atoms with Crippen LogP contribution >= 0.6 is 11.3 Å². The van der Waals surface area contributed by atoms with Crippen molar-refractivity contribution in [3.63, 3.8) is 0 Å². The van der Waals surface area contributed by atoms with Crippen molar-refractivity contribution in [1.29, 1.82) is 0 Å². The molecule has 1 fully saturated rings. The van der Waals surface area contributed by atoms with Gasteiger partial charge in [0.1, 0.15) is 6.54 Å². The van der Waals surface area contributed by atoms with Gasteiger partial charge in [0.2, 0.25) is 5.91 Å². The van der Waals surface area contributed by atoms with Crippen LogP contribution in [-0.4, -0.2) is 53.0 Å². The Labute approximate surface area is 149 Å². The number of hydrogen-bond donors (Lipinski definition) is 1. The lowest BCUT2D eigenvalue weighted by Gasteiger charge is -2.35. The number of para-hydroxylation sites is 1. The van der Waals surface area contributed by atoms with Gasteiger partial charge in [-0.15, -0.1) is 0 Å². The molecular formula is C17H19N5O2S. The molecule has 0 spiro atoms. The summed E-state index contributed by atoms with van der Waals surface area (Å²) in [4.78, 5) is 19.1. The smallest absolute Gasteiger partial charge is 0.241 e. The highest BCUT2D eigenvalue weighted by Gasteiger charge is 2.26. The molecule has 0 radical (unpaired) electrons. The molecule has 1 saturated heterocycles. The summed E-state index contributed by atoms with van der Waals surface area (Å²) in [6.07, 6.45) is 3.44. The Morgan fingerprint density at radius 3 is 3.12 bits per heavy atom. The second-order valence-electron chi connectivity index (χ2n) is 5.89. The number of ether oxygens (including phenoxy) is 1. The Balaban J connectivity index is 1.42. The van der Waals surface area contributed by atoms with Crippen LogP contribution in [0.5, 0.6) is 0 Å². The van der Waals surface area contributed by atoms with E-state index in [1.165, 1.54) is 4.70 Å². The zero-order valence-electron chi connectivity index (χ0n) is 13.7. The number of amides is 1. The summed E-state index contributed by atoms with van der Waals surface area (Å²) in [7, 11) is 0. The van der Waals surface area contributed by atoms with Crippen molar-refractivity contribution >= 4 is 32.6 Å². The zero-order valence-corrected chi connectivity index (χ0v) is 14.5. The summed E-state index contributed by atoms with van der Waals surface area (Å²) in [5.74, 6) is -0.0569. The van der Waals surface area contributed by atoms with Crippen LogP contribution in [0.1, 0.15) is 0 Å². The van der Waals surface area contributed by atoms with Crippen molar-refractivity contribution in [2.75, 3.05) is 31.2 Å². The first-order valence-corrected chi connectivity index (χ1v) is 9.05. The largest absolute Gasteiger partial charge is 0.377 e. The highest BCUT2D eigenvalue weighted by Crippen LogP contribution is 2.30. The molecule has 4 rings (SSSR count). The van der Waals surface area contributed by atoms with Crippen molar-refractivity contribution in [2.24, 2.45) is 0 Å². The predicted octanol–water partition coefficient (Wildman–Crippen LogP) is 1.51. The summed E-state index contributed by atoms with van der Waals surface area (Å²) < 4.78 is 8.39. The first kappa shape index (κ1) is 16.0. The molecule has 8 heteroatoms. The van der Waals surface area contributed by atoms with Gasteiger partial charge in [-0.25, -0.2) is 4.98 Å². The monoisotopic (exact) mass is 357 g/mol. The number of morpholine rings is 1. The van der Waals surface area contributed by atoms with Crippen molar-refractivity contribution < 1.29 is 9.53 Å². The average molecular weight is 357 g/mol. The molecule has 0 saturated carbocycles. The van der Waals surface area contributed by atoms with Crippen LogP contribution in [0.2, 0.25) is 0 Å². The minimum Gasteiger partial charge on any atom is -0.377 e. The number of fused-ring (bicyclic) bond motifs is 1. The summed E-state index contributed by atoms with van der Waals surface area (Å²) >= 11 is 1.68. The van der Waals surface area contributed by atoms with Crippen LogP contribution in [0.25, 0.3) is 10.2 Å². The first-order valence-electron chi connectivity index (χ1n) is 8.24.